The maximum atomic E-state index is 13.4. The van der Waals surface area contributed by atoms with E-state index in [1.165, 1.54) is 13.2 Å². The Morgan fingerprint density at radius 3 is 2.70 bits per heavy atom. The van der Waals surface area contributed by atoms with Gasteiger partial charge in [-0.3, -0.25) is 0 Å². The summed E-state index contributed by atoms with van der Waals surface area (Å²) in [6.07, 6.45) is 0. The molecule has 0 aliphatic rings. The number of hydrogen-bond donors (Lipinski definition) is 1. The van der Waals surface area contributed by atoms with Crippen LogP contribution in [0.2, 0.25) is 0 Å². The molecule has 2 aromatic carbocycles. The highest BCUT2D eigenvalue weighted by Gasteiger charge is 2.11. The molecule has 0 bridgehead atoms. The first-order valence-corrected chi connectivity index (χ1v) is 7.17. The fourth-order valence-electron chi connectivity index (χ4n) is 2.03. The zero-order valence-electron chi connectivity index (χ0n) is 11.7. The molecular formula is C16H17BrFNO. The second-order valence-corrected chi connectivity index (χ2v) is 5.53. The quantitative estimate of drug-likeness (QED) is 0.840. The second kappa shape index (κ2) is 6.27. The minimum Gasteiger partial charge on any atom is -0.494 e. The van der Waals surface area contributed by atoms with Gasteiger partial charge in [0, 0.05) is 16.2 Å². The zero-order chi connectivity index (χ0) is 14.7. The zero-order valence-corrected chi connectivity index (χ0v) is 13.3. The maximum Gasteiger partial charge on any atom is 0.165 e. The van der Waals surface area contributed by atoms with Crippen LogP contribution in [0.25, 0.3) is 0 Å². The van der Waals surface area contributed by atoms with Crippen LogP contribution >= 0.6 is 15.9 Å². The molecule has 20 heavy (non-hydrogen) atoms. The normalized spacial score (nSPS) is 12.1. The van der Waals surface area contributed by atoms with Gasteiger partial charge >= 0.3 is 0 Å². The van der Waals surface area contributed by atoms with Gasteiger partial charge in [0.15, 0.2) is 11.6 Å². The fraction of sp³-hybridized carbons (Fsp3) is 0.250. The third kappa shape index (κ3) is 3.12. The number of ether oxygens (including phenoxy) is 1. The molecule has 1 unspecified atom stereocenters. The lowest BCUT2D eigenvalue weighted by Crippen LogP contribution is -2.08. The summed E-state index contributed by atoms with van der Waals surface area (Å²) in [5, 5.41) is 3.43. The van der Waals surface area contributed by atoms with Crippen LogP contribution in [0, 0.1) is 12.7 Å². The van der Waals surface area contributed by atoms with Gasteiger partial charge in [0.25, 0.3) is 0 Å². The summed E-state index contributed by atoms with van der Waals surface area (Å²) in [5.74, 6) is -0.0794. The standard InChI is InChI=1S/C16H17BrFNO/c1-10-13(17)5-4-6-15(10)19-11(2)12-7-8-14(18)16(9-12)20-3/h4-9,11,19H,1-3H3. The number of nitrogens with one attached hydrogen (secondary N) is 1. The van der Waals surface area contributed by atoms with Crippen molar-refractivity contribution in [2.75, 3.05) is 12.4 Å². The van der Waals surface area contributed by atoms with Gasteiger partial charge in [-0.25, -0.2) is 4.39 Å². The lowest BCUT2D eigenvalue weighted by molar-refractivity contribution is 0.385. The van der Waals surface area contributed by atoms with Crippen molar-refractivity contribution < 1.29 is 9.13 Å². The van der Waals surface area contributed by atoms with E-state index in [1.54, 1.807) is 12.1 Å². The Balaban J connectivity index is 2.24. The van der Waals surface area contributed by atoms with Crippen molar-refractivity contribution in [1.82, 2.24) is 0 Å². The number of rotatable bonds is 4. The van der Waals surface area contributed by atoms with E-state index in [0.717, 1.165) is 21.3 Å². The van der Waals surface area contributed by atoms with Crippen LogP contribution in [-0.4, -0.2) is 7.11 Å². The van der Waals surface area contributed by atoms with Crippen LogP contribution in [-0.2, 0) is 0 Å². The second-order valence-electron chi connectivity index (χ2n) is 4.67. The average molecular weight is 338 g/mol. The first-order valence-electron chi connectivity index (χ1n) is 6.38. The summed E-state index contributed by atoms with van der Waals surface area (Å²) in [7, 11) is 1.47. The third-order valence-corrected chi connectivity index (χ3v) is 4.17. The summed E-state index contributed by atoms with van der Waals surface area (Å²) in [6.45, 7) is 4.08. The SMILES string of the molecule is COc1cc(C(C)Nc2cccc(Br)c2C)ccc1F. The fourth-order valence-corrected chi connectivity index (χ4v) is 2.39. The number of halogens is 2. The first kappa shape index (κ1) is 14.9. The van der Waals surface area contributed by atoms with Crippen LogP contribution in [0.3, 0.4) is 0 Å². The Labute approximate surface area is 127 Å². The molecule has 4 heteroatoms. The predicted molar refractivity (Wildman–Crippen MR) is 83.9 cm³/mol. The molecule has 0 aromatic heterocycles. The van der Waals surface area contributed by atoms with Gasteiger partial charge in [-0.1, -0.05) is 28.1 Å². The highest BCUT2D eigenvalue weighted by atomic mass is 79.9. The molecule has 106 valence electrons. The van der Waals surface area contributed by atoms with Crippen LogP contribution in [0.5, 0.6) is 5.75 Å². The Morgan fingerprint density at radius 1 is 1.25 bits per heavy atom. The molecule has 2 rings (SSSR count). The molecule has 0 amide bonds. The van der Waals surface area contributed by atoms with Crippen LogP contribution in [0.15, 0.2) is 40.9 Å². The number of hydrogen-bond acceptors (Lipinski definition) is 2. The summed E-state index contributed by atoms with van der Waals surface area (Å²) in [6, 6.07) is 11.0. The molecule has 0 fully saturated rings. The molecule has 2 nitrogen and oxygen atoms in total. The minimum absolute atomic E-state index is 0.0532. The lowest BCUT2D eigenvalue weighted by Gasteiger charge is -2.18. The smallest absolute Gasteiger partial charge is 0.165 e. The molecule has 0 saturated heterocycles. The van der Waals surface area contributed by atoms with Crippen molar-refractivity contribution in [2.24, 2.45) is 0 Å². The van der Waals surface area contributed by atoms with Gasteiger partial charge in [0.2, 0.25) is 0 Å². The van der Waals surface area contributed by atoms with E-state index in [9.17, 15) is 4.39 Å². The first-order chi connectivity index (χ1) is 9.52. The van der Waals surface area contributed by atoms with E-state index in [1.807, 2.05) is 32.0 Å². The predicted octanol–water partition coefficient (Wildman–Crippen LogP) is 5.08. The number of benzene rings is 2. The highest BCUT2D eigenvalue weighted by molar-refractivity contribution is 9.10. The summed E-state index contributed by atoms with van der Waals surface area (Å²) in [4.78, 5) is 0. The average Bonchev–Trinajstić information content (AvgIpc) is 2.44. The van der Waals surface area contributed by atoms with E-state index in [2.05, 4.69) is 21.2 Å². The van der Waals surface area contributed by atoms with Gasteiger partial charge in [0.05, 0.1) is 7.11 Å². The number of anilines is 1. The highest BCUT2D eigenvalue weighted by Crippen LogP contribution is 2.29. The van der Waals surface area contributed by atoms with E-state index >= 15 is 0 Å². The maximum absolute atomic E-state index is 13.4. The largest absolute Gasteiger partial charge is 0.494 e. The molecular weight excluding hydrogens is 321 g/mol. The van der Waals surface area contributed by atoms with Gasteiger partial charge in [-0.15, -0.1) is 0 Å². The minimum atomic E-state index is -0.345. The topological polar surface area (TPSA) is 21.3 Å². The Bertz CT molecular complexity index is 615. The Kier molecular flexibility index (Phi) is 4.65. The van der Waals surface area contributed by atoms with Gasteiger partial charge in [-0.2, -0.15) is 0 Å². The molecule has 0 aliphatic heterocycles. The number of methoxy groups -OCH3 is 1. The summed E-state index contributed by atoms with van der Waals surface area (Å²) < 4.78 is 19.5. The van der Waals surface area contributed by atoms with Crippen molar-refractivity contribution >= 4 is 21.6 Å². The Hall–Kier alpha value is -1.55. The summed E-state index contributed by atoms with van der Waals surface area (Å²) in [5.41, 5.74) is 3.17. The molecule has 1 atom stereocenters. The third-order valence-electron chi connectivity index (χ3n) is 3.31. The van der Waals surface area contributed by atoms with Crippen molar-refractivity contribution in [3.63, 3.8) is 0 Å². The Morgan fingerprint density at radius 2 is 2.00 bits per heavy atom. The van der Waals surface area contributed by atoms with E-state index < -0.39 is 0 Å². The summed E-state index contributed by atoms with van der Waals surface area (Å²) >= 11 is 3.51. The van der Waals surface area contributed by atoms with Crippen molar-refractivity contribution in [3.8, 4) is 5.75 Å². The van der Waals surface area contributed by atoms with Gasteiger partial charge in [0.1, 0.15) is 0 Å². The van der Waals surface area contributed by atoms with Gasteiger partial charge < -0.3 is 10.1 Å². The molecule has 0 aliphatic carbocycles. The van der Waals surface area contributed by atoms with Crippen molar-refractivity contribution in [3.05, 3.63) is 57.8 Å². The lowest BCUT2D eigenvalue weighted by atomic mass is 10.1. The molecule has 0 spiro atoms. The molecule has 2 aromatic rings. The van der Waals surface area contributed by atoms with Crippen molar-refractivity contribution in [1.29, 1.82) is 0 Å². The van der Waals surface area contributed by atoms with Crippen LogP contribution in [0.4, 0.5) is 10.1 Å². The van der Waals surface area contributed by atoms with Gasteiger partial charge in [-0.05, 0) is 49.2 Å². The molecule has 1 N–H and O–H groups in total. The van der Waals surface area contributed by atoms with E-state index in [0.29, 0.717) is 0 Å². The van der Waals surface area contributed by atoms with Crippen LogP contribution < -0.4 is 10.1 Å². The monoisotopic (exact) mass is 337 g/mol. The van der Waals surface area contributed by atoms with E-state index in [-0.39, 0.29) is 17.6 Å². The molecule has 0 saturated carbocycles. The van der Waals surface area contributed by atoms with Crippen molar-refractivity contribution in [2.45, 2.75) is 19.9 Å². The molecule has 0 radical (unpaired) electrons. The molecule has 0 heterocycles. The van der Waals surface area contributed by atoms with E-state index in [4.69, 9.17) is 4.74 Å². The van der Waals surface area contributed by atoms with Crippen LogP contribution in [0.1, 0.15) is 24.1 Å².